The van der Waals surface area contributed by atoms with E-state index in [0.717, 1.165) is 16.7 Å². The molecular formula is C25H28N4O3. The van der Waals surface area contributed by atoms with Gasteiger partial charge in [-0.2, -0.15) is 0 Å². The number of alkyl carbamates (subject to hydrolysis) is 1. The van der Waals surface area contributed by atoms with E-state index in [1.54, 1.807) is 42.7 Å². The van der Waals surface area contributed by atoms with Gasteiger partial charge in [-0.15, -0.1) is 0 Å². The number of aromatic nitrogens is 1. The molecule has 0 aliphatic carbocycles. The Morgan fingerprint density at radius 2 is 1.75 bits per heavy atom. The molecule has 3 aromatic rings. The van der Waals surface area contributed by atoms with Crippen LogP contribution >= 0.6 is 0 Å². The standard InChI is InChI=1S/C25H28N4O3/c1-16(28-24(31)32-25(2,3)4)21-9-8-18(23(30)29-20-10-12-27-13-11-20)15-22(21)17-6-5-7-19(26)14-17/h5-16H,26H2,1-4H3,(H,28,31)(H,27,29,30). The molecule has 1 aromatic heterocycles. The summed E-state index contributed by atoms with van der Waals surface area (Å²) in [7, 11) is 0. The van der Waals surface area contributed by atoms with Crippen LogP contribution in [0.3, 0.4) is 0 Å². The quantitative estimate of drug-likeness (QED) is 0.482. The second-order valence-corrected chi connectivity index (χ2v) is 8.49. The third-order valence-corrected chi connectivity index (χ3v) is 4.65. The number of nitrogens with one attached hydrogen (secondary N) is 2. The maximum Gasteiger partial charge on any atom is 0.408 e. The molecule has 1 heterocycles. The lowest BCUT2D eigenvalue weighted by molar-refractivity contribution is 0.0508. The van der Waals surface area contributed by atoms with Crippen molar-refractivity contribution in [3.8, 4) is 11.1 Å². The van der Waals surface area contributed by atoms with Crippen LogP contribution in [0.5, 0.6) is 0 Å². The first kappa shape index (κ1) is 22.8. The average molecular weight is 433 g/mol. The molecule has 0 saturated heterocycles. The SMILES string of the molecule is CC(NC(=O)OC(C)(C)C)c1ccc(C(=O)Nc2ccncc2)cc1-c1cccc(N)c1. The molecule has 2 aromatic carbocycles. The molecule has 0 aliphatic heterocycles. The second-order valence-electron chi connectivity index (χ2n) is 8.49. The van der Waals surface area contributed by atoms with Gasteiger partial charge in [-0.05, 0) is 80.8 Å². The Balaban J connectivity index is 1.94. The highest BCUT2D eigenvalue weighted by atomic mass is 16.6. The molecule has 4 N–H and O–H groups in total. The predicted octanol–water partition coefficient (Wildman–Crippen LogP) is 5.17. The van der Waals surface area contributed by atoms with Crippen LogP contribution in [0.25, 0.3) is 11.1 Å². The largest absolute Gasteiger partial charge is 0.444 e. The molecule has 0 saturated carbocycles. The summed E-state index contributed by atoms with van der Waals surface area (Å²) in [6.45, 7) is 7.30. The minimum Gasteiger partial charge on any atom is -0.444 e. The van der Waals surface area contributed by atoms with Gasteiger partial charge < -0.3 is 21.1 Å². The molecule has 0 radical (unpaired) electrons. The van der Waals surface area contributed by atoms with Gasteiger partial charge in [-0.25, -0.2) is 4.79 Å². The average Bonchev–Trinajstić information content (AvgIpc) is 2.72. The van der Waals surface area contributed by atoms with Crippen LogP contribution in [0.4, 0.5) is 16.2 Å². The van der Waals surface area contributed by atoms with Gasteiger partial charge in [-0.1, -0.05) is 18.2 Å². The Morgan fingerprint density at radius 1 is 1.03 bits per heavy atom. The summed E-state index contributed by atoms with van der Waals surface area (Å²) >= 11 is 0. The van der Waals surface area contributed by atoms with Crippen LogP contribution < -0.4 is 16.4 Å². The Hall–Kier alpha value is -3.87. The van der Waals surface area contributed by atoms with Gasteiger partial charge in [0.2, 0.25) is 0 Å². The van der Waals surface area contributed by atoms with E-state index < -0.39 is 11.7 Å². The van der Waals surface area contributed by atoms with E-state index in [9.17, 15) is 9.59 Å². The number of pyridine rings is 1. The number of ether oxygens (including phenoxy) is 1. The van der Waals surface area contributed by atoms with Crippen molar-refractivity contribution < 1.29 is 14.3 Å². The van der Waals surface area contributed by atoms with E-state index in [0.29, 0.717) is 16.9 Å². The summed E-state index contributed by atoms with van der Waals surface area (Å²) in [5, 5.41) is 5.73. The molecule has 7 heteroatoms. The summed E-state index contributed by atoms with van der Waals surface area (Å²) in [5.41, 5.74) is 9.61. The van der Waals surface area contributed by atoms with E-state index in [1.807, 2.05) is 52.0 Å². The zero-order valence-electron chi connectivity index (χ0n) is 18.7. The smallest absolute Gasteiger partial charge is 0.408 e. The Morgan fingerprint density at radius 3 is 2.41 bits per heavy atom. The van der Waals surface area contributed by atoms with Crippen molar-refractivity contribution in [1.29, 1.82) is 0 Å². The number of benzene rings is 2. The zero-order chi connectivity index (χ0) is 23.3. The first-order valence-electron chi connectivity index (χ1n) is 10.3. The van der Waals surface area contributed by atoms with Crippen molar-refractivity contribution >= 4 is 23.4 Å². The molecule has 2 amide bonds. The fourth-order valence-corrected chi connectivity index (χ4v) is 3.23. The number of carbonyl (C=O) groups is 2. The van der Waals surface area contributed by atoms with Crippen LogP contribution in [0.2, 0.25) is 0 Å². The van der Waals surface area contributed by atoms with Crippen molar-refractivity contribution in [3.63, 3.8) is 0 Å². The van der Waals surface area contributed by atoms with Crippen LogP contribution in [-0.2, 0) is 4.74 Å². The van der Waals surface area contributed by atoms with Crippen molar-refractivity contribution in [2.24, 2.45) is 0 Å². The lowest BCUT2D eigenvalue weighted by Crippen LogP contribution is -2.34. The monoisotopic (exact) mass is 432 g/mol. The van der Waals surface area contributed by atoms with Crippen LogP contribution in [0, 0.1) is 0 Å². The van der Waals surface area contributed by atoms with E-state index in [2.05, 4.69) is 15.6 Å². The van der Waals surface area contributed by atoms with Gasteiger partial charge in [0.25, 0.3) is 5.91 Å². The third kappa shape index (κ3) is 6.07. The molecule has 7 nitrogen and oxygen atoms in total. The van der Waals surface area contributed by atoms with Crippen LogP contribution in [0.15, 0.2) is 67.0 Å². The topological polar surface area (TPSA) is 106 Å². The Labute approximate surface area is 188 Å². The maximum absolute atomic E-state index is 12.8. The van der Waals surface area contributed by atoms with Crippen molar-refractivity contribution in [2.45, 2.75) is 39.3 Å². The first-order valence-corrected chi connectivity index (χ1v) is 10.3. The van der Waals surface area contributed by atoms with E-state index in [4.69, 9.17) is 10.5 Å². The fourth-order valence-electron chi connectivity index (χ4n) is 3.23. The lowest BCUT2D eigenvalue weighted by Gasteiger charge is -2.23. The summed E-state index contributed by atoms with van der Waals surface area (Å²) in [5.74, 6) is -0.249. The normalized spacial score (nSPS) is 12.0. The highest BCUT2D eigenvalue weighted by Crippen LogP contribution is 2.31. The summed E-state index contributed by atoms with van der Waals surface area (Å²) in [6.07, 6.45) is 2.71. The van der Waals surface area contributed by atoms with Gasteiger partial charge in [-0.3, -0.25) is 9.78 Å². The van der Waals surface area contributed by atoms with Gasteiger partial charge in [0, 0.05) is 29.3 Å². The summed E-state index contributed by atoms with van der Waals surface area (Å²) in [6, 6.07) is 15.8. The fraction of sp³-hybridized carbons (Fsp3) is 0.240. The number of nitrogens with zero attached hydrogens (tertiary/aromatic N) is 1. The zero-order valence-corrected chi connectivity index (χ0v) is 18.7. The first-order chi connectivity index (χ1) is 15.1. The lowest BCUT2D eigenvalue weighted by atomic mass is 9.93. The molecule has 32 heavy (non-hydrogen) atoms. The third-order valence-electron chi connectivity index (χ3n) is 4.65. The second kappa shape index (κ2) is 9.51. The van der Waals surface area contributed by atoms with Gasteiger partial charge in [0.05, 0.1) is 6.04 Å². The van der Waals surface area contributed by atoms with E-state index in [-0.39, 0.29) is 11.9 Å². The summed E-state index contributed by atoms with van der Waals surface area (Å²) in [4.78, 5) is 29.1. The number of nitrogens with two attached hydrogens (primary N) is 1. The van der Waals surface area contributed by atoms with Crippen molar-refractivity contribution in [1.82, 2.24) is 10.3 Å². The number of nitrogen functional groups attached to an aromatic ring is 1. The van der Waals surface area contributed by atoms with Gasteiger partial charge in [0.15, 0.2) is 0 Å². The molecule has 1 unspecified atom stereocenters. The molecule has 0 bridgehead atoms. The molecule has 3 rings (SSSR count). The number of hydrogen-bond donors (Lipinski definition) is 3. The number of rotatable bonds is 5. The molecule has 0 aliphatic rings. The highest BCUT2D eigenvalue weighted by molar-refractivity contribution is 6.05. The Kier molecular flexibility index (Phi) is 6.78. The number of anilines is 2. The van der Waals surface area contributed by atoms with E-state index in [1.165, 1.54) is 0 Å². The predicted molar refractivity (Wildman–Crippen MR) is 126 cm³/mol. The number of carbonyl (C=O) groups excluding carboxylic acids is 2. The van der Waals surface area contributed by atoms with Crippen molar-refractivity contribution in [2.75, 3.05) is 11.1 Å². The molecule has 0 fully saturated rings. The minimum atomic E-state index is -0.602. The van der Waals surface area contributed by atoms with E-state index >= 15 is 0 Å². The molecule has 0 spiro atoms. The van der Waals surface area contributed by atoms with Crippen LogP contribution in [-0.4, -0.2) is 22.6 Å². The minimum absolute atomic E-state index is 0.249. The van der Waals surface area contributed by atoms with Crippen molar-refractivity contribution in [3.05, 3.63) is 78.1 Å². The number of amides is 2. The molecule has 1 atom stereocenters. The molecule has 166 valence electrons. The number of hydrogen-bond acceptors (Lipinski definition) is 5. The summed E-state index contributed by atoms with van der Waals surface area (Å²) < 4.78 is 5.38. The molecular weight excluding hydrogens is 404 g/mol. The van der Waals surface area contributed by atoms with Crippen LogP contribution in [0.1, 0.15) is 49.7 Å². The maximum atomic E-state index is 12.8. The highest BCUT2D eigenvalue weighted by Gasteiger charge is 2.21. The Bertz CT molecular complexity index is 1110. The van der Waals surface area contributed by atoms with Gasteiger partial charge in [0.1, 0.15) is 5.60 Å². The van der Waals surface area contributed by atoms with Gasteiger partial charge >= 0.3 is 6.09 Å².